The number of rotatable bonds is 3. The summed E-state index contributed by atoms with van der Waals surface area (Å²) in [5.74, 6) is 0.747. The van der Waals surface area contributed by atoms with E-state index in [4.69, 9.17) is 5.26 Å². The van der Waals surface area contributed by atoms with Gasteiger partial charge < -0.3 is 4.90 Å². The van der Waals surface area contributed by atoms with Crippen LogP contribution < -0.4 is 4.90 Å². The zero-order chi connectivity index (χ0) is 16.4. The second kappa shape index (κ2) is 7.04. The molecule has 6 heteroatoms. The molecule has 0 amide bonds. The second-order valence-corrected chi connectivity index (χ2v) is 7.26. The van der Waals surface area contributed by atoms with Gasteiger partial charge in [-0.05, 0) is 12.8 Å². The molecule has 4 rings (SSSR count). The lowest BCUT2D eigenvalue weighted by atomic mass is 9.93. The Morgan fingerprint density at radius 3 is 2.17 bits per heavy atom. The smallest absolute Gasteiger partial charge is 0.183 e. The molecule has 3 fully saturated rings. The van der Waals surface area contributed by atoms with Crippen molar-refractivity contribution in [2.75, 3.05) is 44.2 Å². The maximum Gasteiger partial charge on any atom is 0.183 e. The Labute approximate surface area is 144 Å². The minimum absolute atomic E-state index is 0.443. The minimum atomic E-state index is 0.443. The van der Waals surface area contributed by atoms with Gasteiger partial charge in [0.1, 0.15) is 6.07 Å². The Morgan fingerprint density at radius 1 is 0.875 bits per heavy atom. The summed E-state index contributed by atoms with van der Waals surface area (Å²) in [4.78, 5) is 16.0. The van der Waals surface area contributed by atoms with Crippen LogP contribution in [0.3, 0.4) is 0 Å². The van der Waals surface area contributed by atoms with E-state index < -0.39 is 0 Å². The van der Waals surface area contributed by atoms with Gasteiger partial charge in [-0.1, -0.05) is 19.3 Å². The highest BCUT2D eigenvalue weighted by Crippen LogP contribution is 2.27. The third kappa shape index (κ3) is 3.11. The highest BCUT2D eigenvalue weighted by molar-refractivity contribution is 5.51. The molecule has 2 saturated heterocycles. The molecule has 128 valence electrons. The van der Waals surface area contributed by atoms with E-state index >= 15 is 0 Å². The van der Waals surface area contributed by atoms with Gasteiger partial charge in [0.05, 0.1) is 0 Å². The highest BCUT2D eigenvalue weighted by Gasteiger charge is 2.36. The average Bonchev–Trinajstić information content (AvgIpc) is 2.62. The zero-order valence-electron chi connectivity index (χ0n) is 14.3. The lowest BCUT2D eigenvalue weighted by Crippen LogP contribution is -2.64. The summed E-state index contributed by atoms with van der Waals surface area (Å²) >= 11 is 0. The fourth-order valence-corrected chi connectivity index (χ4v) is 4.41. The number of nitriles is 1. The van der Waals surface area contributed by atoms with Gasteiger partial charge in [0.25, 0.3) is 0 Å². The SMILES string of the molecule is N#Cc1nccnc1N1CC(N2CCN(C3CCCCC3)CC2)C1. The van der Waals surface area contributed by atoms with Crippen molar-refractivity contribution in [1.82, 2.24) is 19.8 Å². The van der Waals surface area contributed by atoms with Gasteiger partial charge >= 0.3 is 0 Å². The lowest BCUT2D eigenvalue weighted by Gasteiger charge is -2.49. The van der Waals surface area contributed by atoms with E-state index in [9.17, 15) is 0 Å². The predicted octanol–water partition coefficient (Wildman–Crippen LogP) is 1.49. The van der Waals surface area contributed by atoms with Crippen LogP contribution >= 0.6 is 0 Å². The predicted molar refractivity (Wildman–Crippen MR) is 92.8 cm³/mol. The van der Waals surface area contributed by atoms with Crippen molar-refractivity contribution in [3.63, 3.8) is 0 Å². The van der Waals surface area contributed by atoms with Crippen LogP contribution in [0.25, 0.3) is 0 Å². The summed E-state index contributed by atoms with van der Waals surface area (Å²) in [6.45, 7) is 6.74. The monoisotopic (exact) mass is 326 g/mol. The molecule has 1 aromatic rings. The quantitative estimate of drug-likeness (QED) is 0.839. The third-order valence-electron chi connectivity index (χ3n) is 5.90. The van der Waals surface area contributed by atoms with Gasteiger partial charge in [-0.25, -0.2) is 9.97 Å². The standard InChI is InChI=1S/C18H26N6/c19-12-17-18(21-7-6-20-17)24-13-16(14-24)23-10-8-22(9-11-23)15-4-2-1-3-5-15/h6-7,15-16H,1-5,8-11,13-14H2. The summed E-state index contributed by atoms with van der Waals surface area (Å²) in [5.41, 5.74) is 0.443. The molecule has 3 heterocycles. The first-order valence-corrected chi connectivity index (χ1v) is 9.29. The first-order chi connectivity index (χ1) is 11.8. The van der Waals surface area contributed by atoms with Gasteiger partial charge in [-0.15, -0.1) is 0 Å². The molecule has 3 aliphatic rings. The number of hydrogen-bond acceptors (Lipinski definition) is 6. The summed E-state index contributed by atoms with van der Waals surface area (Å²) < 4.78 is 0. The van der Waals surface area contributed by atoms with E-state index in [1.807, 2.05) is 0 Å². The molecule has 0 N–H and O–H groups in total. The Hall–Kier alpha value is -1.71. The number of nitrogens with zero attached hydrogens (tertiary/aromatic N) is 6. The number of aromatic nitrogens is 2. The van der Waals surface area contributed by atoms with Crippen molar-refractivity contribution in [3.05, 3.63) is 18.1 Å². The molecule has 0 atom stereocenters. The molecule has 0 spiro atoms. The Kier molecular flexibility index (Phi) is 4.63. The molecule has 24 heavy (non-hydrogen) atoms. The first kappa shape index (κ1) is 15.8. The van der Waals surface area contributed by atoms with Crippen molar-refractivity contribution < 1.29 is 0 Å². The van der Waals surface area contributed by atoms with Gasteiger partial charge in [0.2, 0.25) is 0 Å². The molecule has 0 aromatic carbocycles. The van der Waals surface area contributed by atoms with Gasteiger partial charge in [0.15, 0.2) is 11.5 Å². The molecule has 0 bridgehead atoms. The molecule has 0 radical (unpaired) electrons. The molecular formula is C18H26N6. The van der Waals surface area contributed by atoms with Crippen molar-refractivity contribution in [2.24, 2.45) is 0 Å². The fraction of sp³-hybridized carbons (Fsp3) is 0.722. The molecule has 6 nitrogen and oxygen atoms in total. The maximum absolute atomic E-state index is 9.16. The van der Waals surface area contributed by atoms with Gasteiger partial charge in [-0.2, -0.15) is 5.26 Å². The minimum Gasteiger partial charge on any atom is -0.351 e. The third-order valence-corrected chi connectivity index (χ3v) is 5.90. The number of hydrogen-bond donors (Lipinski definition) is 0. The molecule has 1 aliphatic carbocycles. The number of anilines is 1. The first-order valence-electron chi connectivity index (χ1n) is 9.29. The van der Waals surface area contributed by atoms with Crippen molar-refractivity contribution in [2.45, 2.75) is 44.2 Å². The average molecular weight is 326 g/mol. The van der Waals surface area contributed by atoms with E-state index in [0.717, 1.165) is 24.9 Å². The van der Waals surface area contributed by atoms with E-state index in [2.05, 4.69) is 30.7 Å². The van der Waals surface area contributed by atoms with E-state index in [0.29, 0.717) is 11.7 Å². The second-order valence-electron chi connectivity index (χ2n) is 7.26. The topological polar surface area (TPSA) is 59.3 Å². The maximum atomic E-state index is 9.16. The van der Waals surface area contributed by atoms with Gasteiger partial charge in [-0.3, -0.25) is 9.80 Å². The molecular weight excluding hydrogens is 300 g/mol. The molecule has 2 aliphatic heterocycles. The van der Waals surface area contributed by atoms with Crippen LogP contribution in [0.2, 0.25) is 0 Å². The number of piperazine rings is 1. The van der Waals surface area contributed by atoms with Crippen molar-refractivity contribution in [1.29, 1.82) is 5.26 Å². The summed E-state index contributed by atoms with van der Waals surface area (Å²) in [6, 6.07) is 3.59. The Morgan fingerprint density at radius 2 is 1.50 bits per heavy atom. The van der Waals surface area contributed by atoms with E-state index in [1.54, 1.807) is 12.4 Å². The van der Waals surface area contributed by atoms with Crippen molar-refractivity contribution in [3.8, 4) is 6.07 Å². The van der Waals surface area contributed by atoms with Crippen LogP contribution in [-0.2, 0) is 0 Å². The van der Waals surface area contributed by atoms with Crippen LogP contribution in [0.5, 0.6) is 0 Å². The van der Waals surface area contributed by atoms with Crippen LogP contribution in [0.15, 0.2) is 12.4 Å². The van der Waals surface area contributed by atoms with Gasteiger partial charge in [0, 0.05) is 63.7 Å². The lowest BCUT2D eigenvalue weighted by molar-refractivity contribution is 0.0486. The summed E-state index contributed by atoms with van der Waals surface area (Å²) in [7, 11) is 0. The van der Waals surface area contributed by atoms with E-state index in [-0.39, 0.29) is 0 Å². The highest BCUT2D eigenvalue weighted by atomic mass is 15.4. The van der Waals surface area contributed by atoms with E-state index in [1.165, 1.54) is 58.3 Å². The molecule has 1 saturated carbocycles. The molecule has 1 aromatic heterocycles. The van der Waals surface area contributed by atoms with Crippen LogP contribution in [0, 0.1) is 11.3 Å². The fourth-order valence-electron chi connectivity index (χ4n) is 4.41. The van der Waals surface area contributed by atoms with Crippen LogP contribution in [-0.4, -0.2) is 71.1 Å². The normalized spacial score (nSPS) is 24.5. The Bertz CT molecular complexity index is 592. The summed E-state index contributed by atoms with van der Waals surface area (Å²) in [6.07, 6.45) is 10.3. The zero-order valence-corrected chi connectivity index (χ0v) is 14.3. The summed E-state index contributed by atoms with van der Waals surface area (Å²) in [5, 5.41) is 9.16. The largest absolute Gasteiger partial charge is 0.351 e. The van der Waals surface area contributed by atoms with Crippen molar-refractivity contribution >= 4 is 5.82 Å². The Balaban J connectivity index is 1.27. The van der Waals surface area contributed by atoms with Crippen LogP contribution in [0.1, 0.15) is 37.8 Å². The van der Waals surface area contributed by atoms with Crippen LogP contribution in [0.4, 0.5) is 5.82 Å². The molecule has 0 unspecified atom stereocenters.